The Hall–Kier alpha value is -6.02. The van der Waals surface area contributed by atoms with Crippen LogP contribution in [0, 0.1) is 0 Å². The summed E-state index contributed by atoms with van der Waals surface area (Å²) in [6, 6.07) is 50.1. The molecule has 0 unspecified atom stereocenters. The molecular weight excluding hydrogens is 903 g/mol. The molecule has 8 aromatic rings. The number of hydrogen-bond acceptors (Lipinski definition) is 14. The average Bonchev–Trinajstić information content (AvgIpc) is 3.27. The van der Waals surface area contributed by atoms with Crippen molar-refractivity contribution in [3.63, 3.8) is 0 Å². The third-order valence-corrected chi connectivity index (χ3v) is 10.8. The molecule has 0 bridgehead atoms. The van der Waals surface area contributed by atoms with Crippen LogP contribution < -0.4 is 88.7 Å². The molecule has 0 saturated carbocycles. The van der Waals surface area contributed by atoms with Crippen molar-refractivity contribution in [2.75, 3.05) is 10.6 Å². The largest absolute Gasteiger partial charge is 1.00 e. The second-order valence-corrected chi connectivity index (χ2v) is 16.4. The molecule has 14 nitrogen and oxygen atoms in total. The number of rotatable bonds is 16. The van der Waals surface area contributed by atoms with Crippen LogP contribution in [-0.4, -0.2) is 35.9 Å². The quantitative estimate of drug-likeness (QED) is 0.0735. The van der Waals surface area contributed by atoms with Crippen LogP contribution in [0.25, 0.3) is 12.2 Å². The zero-order chi connectivity index (χ0) is 44.5. The van der Waals surface area contributed by atoms with Crippen LogP contribution in [0.5, 0.6) is 46.3 Å². The summed E-state index contributed by atoms with van der Waals surface area (Å²) in [4.78, 5) is 7.74. The molecular formula is C48H34N4Na2O10S2. The standard InChI is InChI=1S/C48H36N4O10S2.2Na/c53-63(54,55)43-27-35(49-45-29-41(59-37-13-5-1-6-14-37)31-47(51-45)61-39-17-9-3-10-18-39)25-23-33(43)21-22-34-24-26-36(28-44(34)64(56,57)58)50-46-30-42(60-38-15-7-2-8-16-38)32-48(52-46)62-40-19-11-4-12-20-40;;/h1-32H,(H,49,51)(H,50,52)(H,53,54,55)(H,56,57,58);;/q;2*+1/p-2. The SMILES string of the molecule is O=S(=O)([O-])c1cc(Nc2cc(Oc3ccccc3)cc(Oc3ccccc3)n2)ccc1C=Cc1ccc(Nc2cc(Oc3ccccc3)cc(Oc3ccccc3)n2)cc1S(=O)(=O)[O-].[Na+].[Na+]. The summed E-state index contributed by atoms with van der Waals surface area (Å²) in [6.45, 7) is 0. The van der Waals surface area contributed by atoms with Gasteiger partial charge in [-0.25, -0.2) is 16.8 Å². The van der Waals surface area contributed by atoms with E-state index in [9.17, 15) is 25.9 Å². The molecule has 0 aliphatic rings. The van der Waals surface area contributed by atoms with Gasteiger partial charge in [-0.2, -0.15) is 9.97 Å². The van der Waals surface area contributed by atoms with Crippen LogP contribution in [-0.2, 0) is 20.2 Å². The Balaban J connectivity index is 0.00000360. The fraction of sp³-hybridized carbons (Fsp3) is 0. The minimum atomic E-state index is -5.11. The second kappa shape index (κ2) is 22.4. The van der Waals surface area contributed by atoms with E-state index in [4.69, 9.17) is 18.9 Å². The molecule has 18 heteroatoms. The van der Waals surface area contributed by atoms with Crippen molar-refractivity contribution in [1.29, 1.82) is 0 Å². The molecule has 0 radical (unpaired) electrons. The number of benzene rings is 6. The Kier molecular flexibility index (Phi) is 16.8. The molecule has 8 rings (SSSR count). The number of ether oxygens (including phenoxy) is 4. The van der Waals surface area contributed by atoms with Crippen molar-refractivity contribution in [3.05, 3.63) is 193 Å². The van der Waals surface area contributed by atoms with E-state index in [2.05, 4.69) is 20.6 Å². The van der Waals surface area contributed by atoms with Gasteiger partial charge in [0, 0.05) is 35.6 Å². The zero-order valence-electron chi connectivity index (χ0n) is 35.3. The molecule has 0 saturated heterocycles. The van der Waals surface area contributed by atoms with Crippen molar-refractivity contribution in [3.8, 4) is 46.3 Å². The fourth-order valence-electron chi connectivity index (χ4n) is 6.19. The van der Waals surface area contributed by atoms with Crippen LogP contribution in [0.2, 0.25) is 0 Å². The topological polar surface area (TPSA) is 201 Å². The van der Waals surface area contributed by atoms with E-state index in [0.29, 0.717) is 34.5 Å². The summed E-state index contributed by atoms with van der Waals surface area (Å²) in [7, 11) is -10.2. The maximum absolute atomic E-state index is 12.6. The fourth-order valence-corrected chi connectivity index (χ4v) is 7.58. The molecule has 320 valence electrons. The van der Waals surface area contributed by atoms with Crippen LogP contribution in [0.15, 0.2) is 192 Å². The van der Waals surface area contributed by atoms with E-state index in [1.54, 1.807) is 97.1 Å². The molecule has 0 aliphatic heterocycles. The first-order chi connectivity index (χ1) is 30.9. The average molecular weight is 937 g/mol. The van der Waals surface area contributed by atoms with Gasteiger partial charge in [0.1, 0.15) is 66.4 Å². The first-order valence-electron chi connectivity index (χ1n) is 19.3. The summed E-state index contributed by atoms with van der Waals surface area (Å²) < 4.78 is 99.8. The van der Waals surface area contributed by atoms with Gasteiger partial charge in [-0.3, -0.25) is 0 Å². The molecule has 0 amide bonds. The van der Waals surface area contributed by atoms with Gasteiger partial charge in [0.15, 0.2) is 0 Å². The van der Waals surface area contributed by atoms with Crippen molar-refractivity contribution in [2.24, 2.45) is 0 Å². The number of hydrogen-bond donors (Lipinski definition) is 2. The van der Waals surface area contributed by atoms with Gasteiger partial charge in [0.25, 0.3) is 0 Å². The van der Waals surface area contributed by atoms with Gasteiger partial charge in [0.05, 0.1) is 9.79 Å². The van der Waals surface area contributed by atoms with Gasteiger partial charge < -0.3 is 38.7 Å². The second-order valence-electron chi connectivity index (χ2n) is 13.7. The van der Waals surface area contributed by atoms with Crippen LogP contribution in [0.1, 0.15) is 11.1 Å². The number of nitrogens with zero attached hydrogens (tertiary/aromatic N) is 2. The normalized spacial score (nSPS) is 11.1. The van der Waals surface area contributed by atoms with Crippen molar-refractivity contribution in [1.82, 2.24) is 9.97 Å². The summed E-state index contributed by atoms with van der Waals surface area (Å²) in [5, 5.41) is 6.02. The van der Waals surface area contributed by atoms with Crippen LogP contribution >= 0.6 is 0 Å². The maximum atomic E-state index is 12.6. The predicted octanol–water partition coefficient (Wildman–Crippen LogP) is 5.12. The van der Waals surface area contributed by atoms with E-state index >= 15 is 0 Å². The van der Waals surface area contributed by atoms with E-state index in [0.717, 1.165) is 12.1 Å². The Labute approximate surface area is 425 Å². The van der Waals surface area contributed by atoms with Gasteiger partial charge in [0.2, 0.25) is 11.8 Å². The Morgan fingerprint density at radius 1 is 0.394 bits per heavy atom. The Morgan fingerprint density at radius 2 is 0.712 bits per heavy atom. The summed E-state index contributed by atoms with van der Waals surface area (Å²) in [6.07, 6.45) is 2.45. The number of pyridine rings is 2. The molecule has 0 fully saturated rings. The van der Waals surface area contributed by atoms with Crippen molar-refractivity contribution >= 4 is 55.4 Å². The Morgan fingerprint density at radius 3 is 1.03 bits per heavy atom. The summed E-state index contributed by atoms with van der Waals surface area (Å²) >= 11 is 0. The number of nitrogens with one attached hydrogen (secondary N) is 2. The Bertz CT molecular complexity index is 2840. The van der Waals surface area contributed by atoms with Gasteiger partial charge >= 0.3 is 59.1 Å². The van der Waals surface area contributed by atoms with E-state index in [-0.39, 0.29) is 105 Å². The number of para-hydroxylation sites is 4. The summed E-state index contributed by atoms with van der Waals surface area (Å²) in [5.74, 6) is 3.50. The molecule has 66 heavy (non-hydrogen) atoms. The molecule has 2 aromatic heterocycles. The smallest absolute Gasteiger partial charge is 0.744 e. The molecule has 0 spiro atoms. The summed E-state index contributed by atoms with van der Waals surface area (Å²) in [5.41, 5.74) is 0.183. The molecule has 6 aromatic carbocycles. The third-order valence-electron chi connectivity index (χ3n) is 8.99. The van der Waals surface area contributed by atoms with Gasteiger partial charge in [-0.15, -0.1) is 0 Å². The van der Waals surface area contributed by atoms with E-state index in [1.165, 1.54) is 36.4 Å². The first kappa shape index (κ1) is 49.4. The van der Waals surface area contributed by atoms with Gasteiger partial charge in [-0.1, -0.05) is 97.1 Å². The zero-order valence-corrected chi connectivity index (χ0v) is 40.9. The minimum absolute atomic E-state index is 0. The number of aromatic nitrogens is 2. The molecule has 0 aliphatic carbocycles. The van der Waals surface area contributed by atoms with Crippen molar-refractivity contribution in [2.45, 2.75) is 9.79 Å². The van der Waals surface area contributed by atoms with Crippen LogP contribution in [0.3, 0.4) is 0 Å². The predicted molar refractivity (Wildman–Crippen MR) is 239 cm³/mol. The molecule has 2 N–H and O–H groups in total. The molecule has 0 atom stereocenters. The van der Waals surface area contributed by atoms with E-state index in [1.807, 2.05) is 48.5 Å². The van der Waals surface area contributed by atoms with Crippen molar-refractivity contribution < 1.29 is 104 Å². The number of anilines is 4. The van der Waals surface area contributed by atoms with Gasteiger partial charge in [-0.05, 0) is 83.9 Å². The maximum Gasteiger partial charge on any atom is 1.00 e. The molecule has 2 heterocycles. The first-order valence-corrected chi connectivity index (χ1v) is 22.1. The van der Waals surface area contributed by atoms with Crippen LogP contribution in [0.4, 0.5) is 23.0 Å². The third kappa shape index (κ3) is 13.8. The minimum Gasteiger partial charge on any atom is -0.744 e. The van der Waals surface area contributed by atoms with E-state index < -0.39 is 30.0 Å². The monoisotopic (exact) mass is 936 g/mol.